The van der Waals surface area contributed by atoms with Crippen LogP contribution in [-0.2, 0) is 0 Å². The maximum Gasteiger partial charge on any atom is 0.251 e. The van der Waals surface area contributed by atoms with E-state index in [1.165, 1.54) is 0 Å². The Labute approximate surface area is 141 Å². The van der Waals surface area contributed by atoms with E-state index in [9.17, 15) is 4.79 Å². The molecule has 0 saturated heterocycles. The van der Waals surface area contributed by atoms with Gasteiger partial charge in [-0.1, -0.05) is 13.0 Å². The lowest BCUT2D eigenvalue weighted by Gasteiger charge is -2.11. The number of imidazole rings is 1. The van der Waals surface area contributed by atoms with Gasteiger partial charge in [-0.25, -0.2) is 4.98 Å². The number of rotatable bonds is 5. The fraction of sp³-hybridized carbons (Fsp3) is 0.263. The van der Waals surface area contributed by atoms with Crippen LogP contribution in [0.4, 0.5) is 0 Å². The van der Waals surface area contributed by atoms with Crippen molar-refractivity contribution in [3.63, 3.8) is 0 Å². The Hall–Kier alpha value is -2.82. The molecule has 0 fully saturated rings. The quantitative estimate of drug-likeness (QED) is 0.782. The third-order valence-electron chi connectivity index (χ3n) is 3.94. The molecular formula is C19H21N3O2. The number of hydrogen-bond donors (Lipinski definition) is 1. The van der Waals surface area contributed by atoms with E-state index in [4.69, 9.17) is 4.74 Å². The highest BCUT2D eigenvalue weighted by Gasteiger charge is 2.12. The van der Waals surface area contributed by atoms with Gasteiger partial charge < -0.3 is 10.1 Å². The van der Waals surface area contributed by atoms with Gasteiger partial charge in [-0.05, 0) is 49.2 Å². The zero-order valence-electron chi connectivity index (χ0n) is 14.2. The van der Waals surface area contributed by atoms with E-state index in [-0.39, 0.29) is 5.91 Å². The first kappa shape index (κ1) is 16.1. The number of aryl methyl sites for hydroxylation is 1. The van der Waals surface area contributed by atoms with Crippen LogP contribution in [0.2, 0.25) is 0 Å². The number of amides is 1. The summed E-state index contributed by atoms with van der Waals surface area (Å²) in [6.45, 7) is 4.74. The molecule has 1 heterocycles. The number of carbonyl (C=O) groups is 1. The van der Waals surface area contributed by atoms with E-state index < -0.39 is 0 Å². The van der Waals surface area contributed by atoms with Crippen molar-refractivity contribution in [3.05, 3.63) is 53.9 Å². The van der Waals surface area contributed by atoms with Gasteiger partial charge in [0, 0.05) is 12.1 Å². The molecule has 124 valence electrons. The zero-order chi connectivity index (χ0) is 17.1. The van der Waals surface area contributed by atoms with E-state index in [0.29, 0.717) is 12.1 Å². The summed E-state index contributed by atoms with van der Waals surface area (Å²) in [4.78, 5) is 16.6. The number of benzene rings is 2. The first-order valence-corrected chi connectivity index (χ1v) is 8.04. The van der Waals surface area contributed by atoms with Gasteiger partial charge in [0.15, 0.2) is 0 Å². The third kappa shape index (κ3) is 2.97. The molecular weight excluding hydrogens is 302 g/mol. The molecule has 3 aromatic rings. The number of methoxy groups -OCH3 is 1. The summed E-state index contributed by atoms with van der Waals surface area (Å²) in [7, 11) is 1.66. The minimum Gasteiger partial charge on any atom is -0.495 e. The topological polar surface area (TPSA) is 56.2 Å². The van der Waals surface area contributed by atoms with Crippen LogP contribution in [0.15, 0.2) is 42.7 Å². The van der Waals surface area contributed by atoms with Gasteiger partial charge >= 0.3 is 0 Å². The molecule has 3 rings (SSSR count). The first-order valence-electron chi connectivity index (χ1n) is 8.04. The number of carbonyl (C=O) groups excluding carboxylic acids is 1. The molecule has 1 amide bonds. The highest BCUT2D eigenvalue weighted by Crippen LogP contribution is 2.27. The maximum absolute atomic E-state index is 12.1. The fourth-order valence-electron chi connectivity index (χ4n) is 2.67. The Balaban J connectivity index is 2.03. The van der Waals surface area contributed by atoms with Gasteiger partial charge in [-0.3, -0.25) is 9.36 Å². The van der Waals surface area contributed by atoms with Crippen LogP contribution in [0.3, 0.4) is 0 Å². The number of nitrogens with zero attached hydrogens (tertiary/aromatic N) is 2. The zero-order valence-corrected chi connectivity index (χ0v) is 14.2. The van der Waals surface area contributed by atoms with Crippen molar-refractivity contribution in [2.24, 2.45) is 0 Å². The summed E-state index contributed by atoms with van der Waals surface area (Å²) in [6.07, 6.45) is 2.67. The molecule has 0 aliphatic heterocycles. The SMILES string of the molecule is CCCNC(=O)c1ccc2c(c1)ncn2-c1cc(C)ccc1OC. The predicted octanol–water partition coefficient (Wildman–Crippen LogP) is 3.48. The van der Waals surface area contributed by atoms with Gasteiger partial charge in [-0.2, -0.15) is 0 Å². The van der Waals surface area contributed by atoms with E-state index >= 15 is 0 Å². The van der Waals surface area contributed by atoms with Crippen molar-refractivity contribution in [3.8, 4) is 11.4 Å². The van der Waals surface area contributed by atoms with Gasteiger partial charge in [0.25, 0.3) is 5.91 Å². The molecule has 24 heavy (non-hydrogen) atoms. The minimum atomic E-state index is -0.0681. The van der Waals surface area contributed by atoms with Crippen molar-refractivity contribution in [2.75, 3.05) is 13.7 Å². The van der Waals surface area contributed by atoms with E-state index in [0.717, 1.165) is 34.5 Å². The van der Waals surface area contributed by atoms with Crippen LogP contribution in [0.1, 0.15) is 29.3 Å². The Bertz CT molecular complexity index is 883. The van der Waals surface area contributed by atoms with Crippen LogP contribution in [0.5, 0.6) is 5.75 Å². The van der Waals surface area contributed by atoms with E-state index in [1.54, 1.807) is 13.4 Å². The normalized spacial score (nSPS) is 10.8. The molecule has 5 heteroatoms. The summed E-state index contributed by atoms with van der Waals surface area (Å²) in [5.74, 6) is 0.714. The Morgan fingerprint density at radius 1 is 1.25 bits per heavy atom. The lowest BCUT2D eigenvalue weighted by Crippen LogP contribution is -2.23. The Kier molecular flexibility index (Phi) is 4.51. The summed E-state index contributed by atoms with van der Waals surface area (Å²) in [5, 5.41) is 2.88. The van der Waals surface area contributed by atoms with Crippen molar-refractivity contribution in [2.45, 2.75) is 20.3 Å². The monoisotopic (exact) mass is 323 g/mol. The molecule has 2 aromatic carbocycles. The molecule has 0 saturated carbocycles. The molecule has 0 radical (unpaired) electrons. The minimum absolute atomic E-state index is 0.0681. The third-order valence-corrected chi connectivity index (χ3v) is 3.94. The first-order chi connectivity index (χ1) is 11.6. The average Bonchev–Trinajstić information content (AvgIpc) is 3.02. The van der Waals surface area contributed by atoms with Gasteiger partial charge in [0.05, 0.1) is 23.8 Å². The lowest BCUT2D eigenvalue weighted by atomic mass is 10.1. The van der Waals surface area contributed by atoms with Gasteiger partial charge in [0.2, 0.25) is 0 Å². The number of fused-ring (bicyclic) bond motifs is 1. The number of aromatic nitrogens is 2. The highest BCUT2D eigenvalue weighted by atomic mass is 16.5. The van der Waals surface area contributed by atoms with Gasteiger partial charge in [-0.15, -0.1) is 0 Å². The smallest absolute Gasteiger partial charge is 0.251 e. The molecule has 0 spiro atoms. The molecule has 0 bridgehead atoms. The van der Waals surface area contributed by atoms with Crippen molar-refractivity contribution in [1.82, 2.24) is 14.9 Å². The predicted molar refractivity (Wildman–Crippen MR) is 95.0 cm³/mol. The highest BCUT2D eigenvalue weighted by molar-refractivity contribution is 5.97. The second kappa shape index (κ2) is 6.74. The van der Waals surface area contributed by atoms with Crippen LogP contribution < -0.4 is 10.1 Å². The molecule has 0 atom stereocenters. The summed E-state index contributed by atoms with van der Waals surface area (Å²) in [6, 6.07) is 11.6. The summed E-state index contributed by atoms with van der Waals surface area (Å²) < 4.78 is 7.45. The van der Waals surface area contributed by atoms with Crippen LogP contribution in [-0.4, -0.2) is 29.1 Å². The maximum atomic E-state index is 12.1. The van der Waals surface area contributed by atoms with Crippen LogP contribution >= 0.6 is 0 Å². The molecule has 0 aliphatic carbocycles. The standard InChI is InChI=1S/C19H21N3O2/c1-4-9-20-19(23)14-6-7-16-15(11-14)21-12-22(16)17-10-13(2)5-8-18(17)24-3/h5-8,10-12H,4,9H2,1-3H3,(H,20,23). The molecule has 1 N–H and O–H groups in total. The Morgan fingerprint density at radius 2 is 2.08 bits per heavy atom. The van der Waals surface area contributed by atoms with Crippen LogP contribution in [0, 0.1) is 6.92 Å². The second-order valence-electron chi connectivity index (χ2n) is 5.75. The van der Waals surface area contributed by atoms with Crippen molar-refractivity contribution in [1.29, 1.82) is 0 Å². The van der Waals surface area contributed by atoms with E-state index in [1.807, 2.05) is 48.7 Å². The summed E-state index contributed by atoms with van der Waals surface area (Å²) in [5.41, 5.74) is 4.41. The summed E-state index contributed by atoms with van der Waals surface area (Å²) >= 11 is 0. The molecule has 0 unspecified atom stereocenters. The average molecular weight is 323 g/mol. The fourth-order valence-corrected chi connectivity index (χ4v) is 2.67. The second-order valence-corrected chi connectivity index (χ2v) is 5.75. The lowest BCUT2D eigenvalue weighted by molar-refractivity contribution is 0.0954. The number of hydrogen-bond acceptors (Lipinski definition) is 3. The van der Waals surface area contributed by atoms with Crippen molar-refractivity contribution < 1.29 is 9.53 Å². The number of ether oxygens (including phenoxy) is 1. The molecule has 5 nitrogen and oxygen atoms in total. The van der Waals surface area contributed by atoms with Crippen LogP contribution in [0.25, 0.3) is 16.7 Å². The van der Waals surface area contributed by atoms with E-state index in [2.05, 4.69) is 16.4 Å². The number of nitrogens with one attached hydrogen (secondary N) is 1. The largest absolute Gasteiger partial charge is 0.495 e. The Morgan fingerprint density at radius 3 is 2.83 bits per heavy atom. The molecule has 0 aliphatic rings. The van der Waals surface area contributed by atoms with Crippen molar-refractivity contribution >= 4 is 16.9 Å². The molecule has 1 aromatic heterocycles. The van der Waals surface area contributed by atoms with Gasteiger partial charge in [0.1, 0.15) is 12.1 Å².